The van der Waals surface area contributed by atoms with Crippen LogP contribution < -0.4 is 16.0 Å². The summed E-state index contributed by atoms with van der Waals surface area (Å²) < 4.78 is 0. The summed E-state index contributed by atoms with van der Waals surface area (Å²) in [6.45, 7) is 0.502. The van der Waals surface area contributed by atoms with Crippen molar-refractivity contribution in [1.82, 2.24) is 15.6 Å². The molecule has 3 amide bonds. The molecule has 0 aliphatic heterocycles. The summed E-state index contributed by atoms with van der Waals surface area (Å²) in [7, 11) is 0. The van der Waals surface area contributed by atoms with Gasteiger partial charge in [-0.3, -0.25) is 9.78 Å². The summed E-state index contributed by atoms with van der Waals surface area (Å²) in [5.74, 6) is -0.0549. The first-order valence-electron chi connectivity index (χ1n) is 7.98. The highest BCUT2D eigenvalue weighted by molar-refractivity contribution is 5.90. The second-order valence-corrected chi connectivity index (χ2v) is 5.62. The lowest BCUT2D eigenvalue weighted by Crippen LogP contribution is -2.43. The molecule has 1 fully saturated rings. The molecule has 1 aromatic rings. The van der Waals surface area contributed by atoms with Gasteiger partial charge in [-0.05, 0) is 31.4 Å². The molecular weight excluding hydrogens is 280 g/mol. The van der Waals surface area contributed by atoms with Crippen molar-refractivity contribution in [1.29, 1.82) is 0 Å². The van der Waals surface area contributed by atoms with Crippen LogP contribution in [0, 0.1) is 0 Å². The third kappa shape index (κ3) is 6.11. The molecule has 1 aliphatic rings. The molecule has 22 heavy (non-hydrogen) atoms. The largest absolute Gasteiger partial charge is 0.338 e. The van der Waals surface area contributed by atoms with Gasteiger partial charge in [-0.2, -0.15) is 0 Å². The smallest absolute Gasteiger partial charge is 0.315 e. The third-order valence-electron chi connectivity index (χ3n) is 3.77. The van der Waals surface area contributed by atoms with Crippen molar-refractivity contribution < 1.29 is 9.59 Å². The first kappa shape index (κ1) is 16.3. The number of aromatic nitrogens is 1. The Morgan fingerprint density at radius 1 is 1.14 bits per heavy atom. The lowest BCUT2D eigenvalue weighted by atomic mass is 9.96. The molecule has 1 heterocycles. The number of pyridine rings is 1. The number of rotatable bonds is 6. The lowest BCUT2D eigenvalue weighted by molar-refractivity contribution is -0.116. The maximum absolute atomic E-state index is 11.7. The Balaban J connectivity index is 1.54. The van der Waals surface area contributed by atoms with Gasteiger partial charge in [0.25, 0.3) is 0 Å². The summed E-state index contributed by atoms with van der Waals surface area (Å²) in [4.78, 5) is 27.3. The average Bonchev–Trinajstić information content (AvgIpc) is 2.53. The van der Waals surface area contributed by atoms with Crippen LogP contribution in [0.15, 0.2) is 24.5 Å². The molecule has 0 spiro atoms. The highest BCUT2D eigenvalue weighted by Crippen LogP contribution is 2.17. The van der Waals surface area contributed by atoms with Gasteiger partial charge in [-0.15, -0.1) is 0 Å². The van der Waals surface area contributed by atoms with E-state index in [1.165, 1.54) is 19.3 Å². The van der Waals surface area contributed by atoms with Crippen LogP contribution in [0.5, 0.6) is 0 Å². The minimum absolute atomic E-state index is 0.0549. The number of carbonyl (C=O) groups excluding carboxylic acids is 2. The fourth-order valence-corrected chi connectivity index (χ4v) is 2.59. The van der Waals surface area contributed by atoms with Gasteiger partial charge in [0.05, 0.1) is 0 Å². The second kappa shape index (κ2) is 9.02. The van der Waals surface area contributed by atoms with Gasteiger partial charge in [0.1, 0.15) is 0 Å². The zero-order chi connectivity index (χ0) is 15.6. The van der Waals surface area contributed by atoms with E-state index in [4.69, 9.17) is 0 Å². The van der Waals surface area contributed by atoms with E-state index >= 15 is 0 Å². The molecule has 0 radical (unpaired) electrons. The number of hydrogen-bond acceptors (Lipinski definition) is 3. The van der Waals surface area contributed by atoms with Gasteiger partial charge in [0, 0.05) is 37.1 Å². The summed E-state index contributed by atoms with van der Waals surface area (Å²) in [6.07, 6.45) is 10.1. The molecule has 0 unspecified atom stereocenters. The molecule has 2 rings (SSSR count). The Morgan fingerprint density at radius 2 is 1.86 bits per heavy atom. The normalized spacial score (nSPS) is 15.1. The Labute approximate surface area is 131 Å². The monoisotopic (exact) mass is 304 g/mol. The molecule has 3 N–H and O–H groups in total. The van der Waals surface area contributed by atoms with Crippen LogP contribution in [0.3, 0.4) is 0 Å². The van der Waals surface area contributed by atoms with Gasteiger partial charge in [-0.25, -0.2) is 4.79 Å². The van der Waals surface area contributed by atoms with Gasteiger partial charge in [0.15, 0.2) is 0 Å². The Hall–Kier alpha value is -2.11. The van der Waals surface area contributed by atoms with Crippen molar-refractivity contribution in [2.24, 2.45) is 0 Å². The standard InChI is InChI=1S/C16H24N4O2/c21-15(19-14-8-11-17-12-9-14)7-4-10-18-16(22)20-13-5-2-1-3-6-13/h8-9,11-13H,1-7,10H2,(H,17,19,21)(H2,18,20,22). The number of hydrogen-bond donors (Lipinski definition) is 3. The van der Waals surface area contributed by atoms with Crippen molar-refractivity contribution in [2.75, 3.05) is 11.9 Å². The molecule has 0 bridgehead atoms. The summed E-state index contributed by atoms with van der Waals surface area (Å²) >= 11 is 0. The van der Waals surface area contributed by atoms with Crippen LogP contribution in [0.4, 0.5) is 10.5 Å². The van der Waals surface area contributed by atoms with Crippen molar-refractivity contribution in [3.8, 4) is 0 Å². The maximum Gasteiger partial charge on any atom is 0.315 e. The van der Waals surface area contributed by atoms with E-state index in [0.29, 0.717) is 25.4 Å². The molecule has 1 aliphatic carbocycles. The van der Waals surface area contributed by atoms with E-state index in [1.807, 2.05) is 0 Å². The lowest BCUT2D eigenvalue weighted by Gasteiger charge is -2.22. The molecule has 0 aromatic carbocycles. The van der Waals surface area contributed by atoms with Crippen LogP contribution in [0.1, 0.15) is 44.9 Å². The molecular formula is C16H24N4O2. The Bertz CT molecular complexity index is 472. The van der Waals surface area contributed by atoms with Crippen LogP contribution in [0.2, 0.25) is 0 Å². The zero-order valence-corrected chi connectivity index (χ0v) is 12.8. The van der Waals surface area contributed by atoms with Gasteiger partial charge in [-0.1, -0.05) is 19.3 Å². The third-order valence-corrected chi connectivity index (χ3v) is 3.77. The molecule has 1 saturated carbocycles. The first-order chi connectivity index (χ1) is 10.7. The van der Waals surface area contributed by atoms with E-state index in [2.05, 4.69) is 20.9 Å². The SMILES string of the molecule is O=C(CCCNC(=O)NC1CCCCC1)Nc1ccncc1. The van der Waals surface area contributed by atoms with E-state index in [-0.39, 0.29) is 11.9 Å². The van der Waals surface area contributed by atoms with Gasteiger partial charge >= 0.3 is 6.03 Å². The molecule has 6 nitrogen and oxygen atoms in total. The highest BCUT2D eigenvalue weighted by Gasteiger charge is 2.15. The first-order valence-corrected chi connectivity index (χ1v) is 7.98. The predicted octanol–water partition coefficient (Wildman–Crippen LogP) is 2.43. The topological polar surface area (TPSA) is 83.1 Å². The summed E-state index contributed by atoms with van der Waals surface area (Å²) in [6, 6.07) is 3.67. The quantitative estimate of drug-likeness (QED) is 0.706. The molecule has 6 heteroatoms. The van der Waals surface area contributed by atoms with Crippen LogP contribution in [-0.2, 0) is 4.79 Å². The number of nitrogens with one attached hydrogen (secondary N) is 3. The Morgan fingerprint density at radius 3 is 2.59 bits per heavy atom. The summed E-state index contributed by atoms with van der Waals surface area (Å²) in [5.41, 5.74) is 0.739. The molecule has 0 saturated heterocycles. The second-order valence-electron chi connectivity index (χ2n) is 5.62. The minimum atomic E-state index is -0.124. The number of anilines is 1. The fourth-order valence-electron chi connectivity index (χ4n) is 2.59. The van der Waals surface area contributed by atoms with E-state index in [0.717, 1.165) is 18.5 Å². The van der Waals surface area contributed by atoms with E-state index < -0.39 is 0 Å². The van der Waals surface area contributed by atoms with Crippen molar-refractivity contribution in [3.05, 3.63) is 24.5 Å². The fraction of sp³-hybridized carbons (Fsp3) is 0.562. The minimum Gasteiger partial charge on any atom is -0.338 e. The summed E-state index contributed by atoms with van der Waals surface area (Å²) in [5, 5.41) is 8.59. The highest BCUT2D eigenvalue weighted by atomic mass is 16.2. The molecule has 1 aromatic heterocycles. The van der Waals surface area contributed by atoms with Crippen molar-refractivity contribution >= 4 is 17.6 Å². The average molecular weight is 304 g/mol. The number of nitrogens with zero attached hydrogens (tertiary/aromatic N) is 1. The molecule has 0 atom stereocenters. The van der Waals surface area contributed by atoms with Crippen LogP contribution >= 0.6 is 0 Å². The zero-order valence-electron chi connectivity index (χ0n) is 12.8. The van der Waals surface area contributed by atoms with Gasteiger partial charge < -0.3 is 16.0 Å². The number of urea groups is 1. The van der Waals surface area contributed by atoms with E-state index in [1.54, 1.807) is 24.5 Å². The van der Waals surface area contributed by atoms with Crippen LogP contribution in [-0.4, -0.2) is 29.5 Å². The number of carbonyl (C=O) groups is 2. The maximum atomic E-state index is 11.7. The Kier molecular flexibility index (Phi) is 6.67. The van der Waals surface area contributed by atoms with Gasteiger partial charge in [0.2, 0.25) is 5.91 Å². The van der Waals surface area contributed by atoms with Crippen molar-refractivity contribution in [2.45, 2.75) is 51.0 Å². The van der Waals surface area contributed by atoms with Crippen LogP contribution in [0.25, 0.3) is 0 Å². The number of amides is 3. The van der Waals surface area contributed by atoms with E-state index in [9.17, 15) is 9.59 Å². The van der Waals surface area contributed by atoms with Crippen molar-refractivity contribution in [3.63, 3.8) is 0 Å². The predicted molar refractivity (Wildman–Crippen MR) is 85.5 cm³/mol. The molecule has 120 valence electrons.